The Bertz CT molecular complexity index is 361. The largest absolute Gasteiger partial charge is 0.573 e. The third kappa shape index (κ3) is 4.10. The molecule has 0 aliphatic heterocycles. The molecule has 1 aromatic rings. The first-order valence-electron chi connectivity index (χ1n) is 4.89. The highest BCUT2D eigenvalue weighted by molar-refractivity contribution is 5.35. The predicted molar refractivity (Wildman–Crippen MR) is 55.2 cm³/mol. The second-order valence-electron chi connectivity index (χ2n) is 3.82. The van der Waals surface area contributed by atoms with Gasteiger partial charge in [-0.3, -0.25) is 0 Å². The molecule has 2 nitrogen and oxygen atoms in total. The van der Waals surface area contributed by atoms with Gasteiger partial charge in [0.25, 0.3) is 0 Å². The molecule has 1 atom stereocenters. The molecule has 2 N–H and O–H groups in total. The van der Waals surface area contributed by atoms with Crippen LogP contribution in [0.3, 0.4) is 0 Å². The van der Waals surface area contributed by atoms with Crippen LogP contribution in [-0.4, -0.2) is 12.4 Å². The third-order valence-corrected chi connectivity index (χ3v) is 2.09. The number of ether oxygens (including phenoxy) is 1. The van der Waals surface area contributed by atoms with Gasteiger partial charge >= 0.3 is 6.36 Å². The molecule has 90 valence electrons. The van der Waals surface area contributed by atoms with E-state index in [4.69, 9.17) is 5.73 Å². The van der Waals surface area contributed by atoms with Crippen LogP contribution in [0.1, 0.15) is 18.1 Å². The summed E-state index contributed by atoms with van der Waals surface area (Å²) in [5.74, 6) is -0.196. The smallest absolute Gasteiger partial charge is 0.406 e. The van der Waals surface area contributed by atoms with Gasteiger partial charge in [-0.1, -0.05) is 6.07 Å². The minimum atomic E-state index is -4.64. The van der Waals surface area contributed by atoms with E-state index in [-0.39, 0.29) is 11.8 Å². The average molecular weight is 233 g/mol. The number of nitrogens with two attached hydrogens (primary N) is 1. The van der Waals surface area contributed by atoms with Gasteiger partial charge in [0.15, 0.2) is 0 Å². The van der Waals surface area contributed by atoms with Crippen LogP contribution in [0.4, 0.5) is 13.2 Å². The van der Waals surface area contributed by atoms with Crippen molar-refractivity contribution in [2.75, 3.05) is 0 Å². The SMILES string of the molecule is Cc1cc(OC(F)(F)F)ccc1CC(C)N. The molecule has 0 saturated heterocycles. The molecule has 0 aromatic heterocycles. The minimum Gasteiger partial charge on any atom is -0.406 e. The molecule has 16 heavy (non-hydrogen) atoms. The number of aryl methyl sites for hydroxylation is 1. The molecule has 1 unspecified atom stereocenters. The van der Waals surface area contributed by atoms with Gasteiger partial charge < -0.3 is 10.5 Å². The van der Waals surface area contributed by atoms with Gasteiger partial charge in [0.05, 0.1) is 0 Å². The van der Waals surface area contributed by atoms with Gasteiger partial charge in [-0.2, -0.15) is 0 Å². The number of alkyl halides is 3. The normalized spacial score (nSPS) is 13.6. The van der Waals surface area contributed by atoms with E-state index in [2.05, 4.69) is 4.74 Å². The fraction of sp³-hybridized carbons (Fsp3) is 0.455. The maximum Gasteiger partial charge on any atom is 0.573 e. The van der Waals surface area contributed by atoms with Crippen molar-refractivity contribution in [1.82, 2.24) is 0 Å². The number of hydrogen-bond donors (Lipinski definition) is 1. The molecule has 0 aliphatic carbocycles. The lowest BCUT2D eigenvalue weighted by atomic mass is 10.0. The van der Waals surface area contributed by atoms with Crippen molar-refractivity contribution in [3.8, 4) is 5.75 Å². The second-order valence-corrected chi connectivity index (χ2v) is 3.82. The van der Waals surface area contributed by atoms with E-state index in [0.717, 1.165) is 11.1 Å². The van der Waals surface area contributed by atoms with Crippen LogP contribution in [0.25, 0.3) is 0 Å². The van der Waals surface area contributed by atoms with E-state index in [1.807, 2.05) is 6.92 Å². The summed E-state index contributed by atoms with van der Waals surface area (Å²) in [6.07, 6.45) is -4.01. The molecule has 0 bridgehead atoms. The summed E-state index contributed by atoms with van der Waals surface area (Å²) < 4.78 is 39.6. The van der Waals surface area contributed by atoms with Gasteiger partial charge in [0, 0.05) is 6.04 Å². The van der Waals surface area contributed by atoms with Crippen LogP contribution >= 0.6 is 0 Å². The summed E-state index contributed by atoms with van der Waals surface area (Å²) in [6, 6.07) is 4.26. The van der Waals surface area contributed by atoms with Crippen molar-refractivity contribution in [3.63, 3.8) is 0 Å². The van der Waals surface area contributed by atoms with Gasteiger partial charge in [0.2, 0.25) is 0 Å². The van der Waals surface area contributed by atoms with Crippen molar-refractivity contribution in [1.29, 1.82) is 0 Å². The first kappa shape index (κ1) is 12.8. The lowest BCUT2D eigenvalue weighted by Gasteiger charge is -2.12. The zero-order chi connectivity index (χ0) is 12.3. The maximum absolute atomic E-state index is 11.9. The van der Waals surface area contributed by atoms with Crippen LogP contribution in [-0.2, 0) is 6.42 Å². The summed E-state index contributed by atoms with van der Waals surface area (Å²) in [6.45, 7) is 3.58. The zero-order valence-electron chi connectivity index (χ0n) is 9.14. The van der Waals surface area contributed by atoms with Crippen LogP contribution < -0.4 is 10.5 Å². The van der Waals surface area contributed by atoms with Crippen molar-refractivity contribution in [2.45, 2.75) is 32.7 Å². The Kier molecular flexibility index (Phi) is 3.80. The van der Waals surface area contributed by atoms with E-state index < -0.39 is 6.36 Å². The molecule has 0 saturated carbocycles. The standard InChI is InChI=1S/C11H14F3NO/c1-7-5-10(16-11(12,13)14)4-3-9(7)6-8(2)15/h3-5,8H,6,15H2,1-2H3. The molecule has 0 radical (unpaired) electrons. The Balaban J connectivity index is 2.83. The van der Waals surface area contributed by atoms with E-state index in [0.29, 0.717) is 6.42 Å². The predicted octanol–water partition coefficient (Wildman–Crippen LogP) is 2.78. The zero-order valence-corrected chi connectivity index (χ0v) is 9.14. The summed E-state index contributed by atoms with van der Waals surface area (Å²) in [5, 5.41) is 0. The molecule has 0 heterocycles. The first-order valence-corrected chi connectivity index (χ1v) is 4.89. The highest BCUT2D eigenvalue weighted by Crippen LogP contribution is 2.25. The summed E-state index contributed by atoms with van der Waals surface area (Å²) in [7, 11) is 0. The number of hydrogen-bond acceptors (Lipinski definition) is 2. The maximum atomic E-state index is 11.9. The monoisotopic (exact) mass is 233 g/mol. The number of benzene rings is 1. The van der Waals surface area contributed by atoms with Gasteiger partial charge in [-0.15, -0.1) is 13.2 Å². The Labute approximate surface area is 92.2 Å². The van der Waals surface area contributed by atoms with Gasteiger partial charge in [0.1, 0.15) is 5.75 Å². The molecular formula is C11H14F3NO. The van der Waals surface area contributed by atoms with Crippen LogP contribution in [0.15, 0.2) is 18.2 Å². The van der Waals surface area contributed by atoms with Crippen molar-refractivity contribution >= 4 is 0 Å². The molecule has 0 spiro atoms. The lowest BCUT2D eigenvalue weighted by molar-refractivity contribution is -0.274. The fourth-order valence-corrected chi connectivity index (χ4v) is 1.44. The van der Waals surface area contributed by atoms with Crippen LogP contribution in [0.2, 0.25) is 0 Å². The van der Waals surface area contributed by atoms with E-state index >= 15 is 0 Å². The van der Waals surface area contributed by atoms with E-state index in [1.165, 1.54) is 12.1 Å². The van der Waals surface area contributed by atoms with Crippen LogP contribution in [0, 0.1) is 6.92 Å². The van der Waals surface area contributed by atoms with Gasteiger partial charge in [-0.25, -0.2) is 0 Å². The lowest BCUT2D eigenvalue weighted by Crippen LogP contribution is -2.19. The first-order chi connectivity index (χ1) is 7.28. The fourth-order valence-electron chi connectivity index (χ4n) is 1.44. The quantitative estimate of drug-likeness (QED) is 0.871. The second kappa shape index (κ2) is 4.74. The minimum absolute atomic E-state index is 0.0203. The summed E-state index contributed by atoms with van der Waals surface area (Å²) in [4.78, 5) is 0. The van der Waals surface area contributed by atoms with Gasteiger partial charge in [-0.05, 0) is 43.5 Å². The van der Waals surface area contributed by atoms with Crippen LogP contribution in [0.5, 0.6) is 5.75 Å². The molecule has 0 aliphatic rings. The van der Waals surface area contributed by atoms with Crippen molar-refractivity contribution in [2.24, 2.45) is 5.73 Å². The number of halogens is 3. The average Bonchev–Trinajstić information content (AvgIpc) is 2.06. The van der Waals surface area contributed by atoms with E-state index in [9.17, 15) is 13.2 Å². The Morgan fingerprint density at radius 2 is 2.00 bits per heavy atom. The molecular weight excluding hydrogens is 219 g/mol. The van der Waals surface area contributed by atoms with E-state index in [1.54, 1.807) is 13.0 Å². The number of rotatable bonds is 3. The Morgan fingerprint density at radius 3 is 2.44 bits per heavy atom. The highest BCUT2D eigenvalue weighted by Gasteiger charge is 2.31. The Hall–Kier alpha value is -1.23. The molecule has 0 amide bonds. The van der Waals surface area contributed by atoms with Crippen molar-refractivity contribution in [3.05, 3.63) is 29.3 Å². The summed E-state index contributed by atoms with van der Waals surface area (Å²) in [5.41, 5.74) is 7.31. The Morgan fingerprint density at radius 1 is 1.38 bits per heavy atom. The molecule has 1 aromatic carbocycles. The third-order valence-electron chi connectivity index (χ3n) is 2.09. The summed E-state index contributed by atoms with van der Waals surface area (Å²) >= 11 is 0. The molecule has 1 rings (SSSR count). The highest BCUT2D eigenvalue weighted by atomic mass is 19.4. The van der Waals surface area contributed by atoms with Crippen molar-refractivity contribution < 1.29 is 17.9 Å². The molecule has 0 fully saturated rings. The topological polar surface area (TPSA) is 35.2 Å². The molecule has 5 heteroatoms.